The Morgan fingerprint density at radius 2 is 2.29 bits per heavy atom. The van der Waals surface area contributed by atoms with E-state index in [0.717, 1.165) is 18.0 Å². The van der Waals surface area contributed by atoms with Crippen LogP contribution in [0, 0.1) is 5.41 Å². The molecule has 5 heteroatoms. The maximum Gasteiger partial charge on any atom is 0.234 e. The van der Waals surface area contributed by atoms with E-state index in [9.17, 15) is 4.79 Å². The van der Waals surface area contributed by atoms with E-state index in [1.54, 1.807) is 0 Å². The standard InChI is InChI=1S/C12H18N2O2S/c1-12(2,3)9(15)7-10-13-11(14-16-10)8-5-4-6-17-8/h8H,4-7H2,1-3H3. The minimum absolute atomic E-state index is 0.131. The number of ketones is 1. The van der Waals surface area contributed by atoms with Crippen LogP contribution in [0.3, 0.4) is 0 Å². The van der Waals surface area contributed by atoms with E-state index in [1.165, 1.54) is 6.42 Å². The number of thioether (sulfide) groups is 1. The summed E-state index contributed by atoms with van der Waals surface area (Å²) in [4.78, 5) is 16.2. The molecular weight excluding hydrogens is 236 g/mol. The van der Waals surface area contributed by atoms with Crippen LogP contribution in [-0.2, 0) is 11.2 Å². The SMILES string of the molecule is CC(C)(C)C(=O)Cc1nc(C2CCCS2)no1. The fourth-order valence-corrected chi connectivity index (χ4v) is 2.85. The second-order valence-electron chi connectivity index (χ2n) is 5.40. The van der Waals surface area contributed by atoms with Crippen LogP contribution in [0.25, 0.3) is 0 Å². The summed E-state index contributed by atoms with van der Waals surface area (Å²) in [7, 11) is 0. The first-order valence-electron chi connectivity index (χ1n) is 5.94. The van der Waals surface area contributed by atoms with E-state index in [1.807, 2.05) is 32.5 Å². The smallest absolute Gasteiger partial charge is 0.234 e. The Hall–Kier alpha value is -0.840. The summed E-state index contributed by atoms with van der Waals surface area (Å²) in [5.41, 5.74) is -0.350. The Bertz CT molecular complexity index is 403. The van der Waals surface area contributed by atoms with Gasteiger partial charge in [0.25, 0.3) is 0 Å². The van der Waals surface area contributed by atoms with Crippen LogP contribution in [0.4, 0.5) is 0 Å². The molecule has 0 amide bonds. The van der Waals surface area contributed by atoms with Gasteiger partial charge in [0, 0.05) is 5.41 Å². The van der Waals surface area contributed by atoms with Crippen molar-refractivity contribution in [3.8, 4) is 0 Å². The van der Waals surface area contributed by atoms with Gasteiger partial charge in [-0.3, -0.25) is 4.79 Å². The summed E-state index contributed by atoms with van der Waals surface area (Å²) in [5, 5.41) is 4.33. The average molecular weight is 254 g/mol. The van der Waals surface area contributed by atoms with Gasteiger partial charge in [-0.1, -0.05) is 25.9 Å². The van der Waals surface area contributed by atoms with Gasteiger partial charge < -0.3 is 4.52 Å². The summed E-state index contributed by atoms with van der Waals surface area (Å²) < 4.78 is 5.15. The zero-order valence-electron chi connectivity index (χ0n) is 10.5. The fraction of sp³-hybridized carbons (Fsp3) is 0.750. The number of aromatic nitrogens is 2. The molecular formula is C12H18N2O2S. The molecule has 0 spiro atoms. The minimum atomic E-state index is -0.350. The van der Waals surface area contributed by atoms with E-state index < -0.39 is 0 Å². The zero-order valence-corrected chi connectivity index (χ0v) is 11.3. The molecule has 0 radical (unpaired) electrons. The highest BCUT2D eigenvalue weighted by Gasteiger charge is 2.26. The van der Waals surface area contributed by atoms with Crippen molar-refractivity contribution >= 4 is 17.5 Å². The molecule has 0 N–H and O–H groups in total. The Balaban J connectivity index is 2.01. The molecule has 1 aliphatic heterocycles. The molecule has 1 fully saturated rings. The lowest BCUT2D eigenvalue weighted by Crippen LogP contribution is -2.22. The third kappa shape index (κ3) is 3.09. The summed E-state index contributed by atoms with van der Waals surface area (Å²) in [6.07, 6.45) is 2.56. The second kappa shape index (κ2) is 4.80. The van der Waals surface area contributed by atoms with Crippen molar-refractivity contribution in [3.05, 3.63) is 11.7 Å². The predicted octanol–water partition coefficient (Wildman–Crippen LogP) is 2.80. The minimum Gasteiger partial charge on any atom is -0.339 e. The van der Waals surface area contributed by atoms with Crippen LogP contribution in [0.15, 0.2) is 4.52 Å². The van der Waals surface area contributed by atoms with Gasteiger partial charge in [-0.15, -0.1) is 0 Å². The second-order valence-corrected chi connectivity index (χ2v) is 6.71. The molecule has 17 heavy (non-hydrogen) atoms. The number of nitrogens with zero attached hydrogens (tertiary/aromatic N) is 2. The number of rotatable bonds is 3. The van der Waals surface area contributed by atoms with Gasteiger partial charge in [0.15, 0.2) is 5.82 Å². The predicted molar refractivity (Wildman–Crippen MR) is 66.9 cm³/mol. The van der Waals surface area contributed by atoms with Gasteiger partial charge in [0.2, 0.25) is 5.89 Å². The normalized spacial score (nSPS) is 20.8. The molecule has 0 saturated carbocycles. The molecule has 1 atom stereocenters. The van der Waals surface area contributed by atoms with Crippen molar-refractivity contribution in [1.82, 2.24) is 10.1 Å². The summed E-state index contributed by atoms with van der Waals surface area (Å²) in [5.74, 6) is 2.50. The van der Waals surface area contributed by atoms with Crippen molar-refractivity contribution in [2.45, 2.75) is 45.3 Å². The molecule has 0 aromatic carbocycles. The summed E-state index contributed by atoms with van der Waals surface area (Å²) >= 11 is 1.86. The molecule has 1 aliphatic rings. The molecule has 94 valence electrons. The van der Waals surface area contributed by atoms with Crippen molar-refractivity contribution in [3.63, 3.8) is 0 Å². The number of hydrogen-bond acceptors (Lipinski definition) is 5. The molecule has 2 rings (SSSR count). The Labute approximate surface area is 106 Å². The number of carbonyl (C=O) groups excluding carboxylic acids is 1. The molecule has 1 saturated heterocycles. The third-order valence-electron chi connectivity index (χ3n) is 2.85. The first kappa shape index (κ1) is 12.6. The van der Waals surface area contributed by atoms with Crippen molar-refractivity contribution in [1.29, 1.82) is 0 Å². The van der Waals surface area contributed by atoms with Crippen LogP contribution in [-0.4, -0.2) is 21.7 Å². The van der Waals surface area contributed by atoms with E-state index in [2.05, 4.69) is 10.1 Å². The fourth-order valence-electron chi connectivity index (χ4n) is 1.65. The average Bonchev–Trinajstić information content (AvgIpc) is 2.83. The number of Topliss-reactive ketones (excluding diaryl/α,β-unsaturated/α-hetero) is 1. The summed E-state index contributed by atoms with van der Waals surface area (Å²) in [6.45, 7) is 5.71. The monoisotopic (exact) mass is 254 g/mol. The van der Waals surface area contributed by atoms with Gasteiger partial charge in [0.05, 0.1) is 11.7 Å². The highest BCUT2D eigenvalue weighted by Crippen LogP contribution is 2.38. The van der Waals surface area contributed by atoms with Gasteiger partial charge in [0.1, 0.15) is 5.78 Å². The highest BCUT2D eigenvalue weighted by molar-refractivity contribution is 7.99. The maximum atomic E-state index is 11.8. The Morgan fingerprint density at radius 3 is 2.88 bits per heavy atom. The lowest BCUT2D eigenvalue weighted by molar-refractivity contribution is -0.125. The first-order valence-corrected chi connectivity index (χ1v) is 6.99. The van der Waals surface area contributed by atoms with E-state index in [-0.39, 0.29) is 17.6 Å². The molecule has 1 aromatic rings. The van der Waals surface area contributed by atoms with Crippen LogP contribution in [0.2, 0.25) is 0 Å². The molecule has 2 heterocycles. The van der Waals surface area contributed by atoms with Crippen LogP contribution in [0.1, 0.15) is 50.6 Å². The van der Waals surface area contributed by atoms with E-state index >= 15 is 0 Å². The molecule has 0 aliphatic carbocycles. The van der Waals surface area contributed by atoms with Crippen molar-refractivity contribution in [2.75, 3.05) is 5.75 Å². The zero-order chi connectivity index (χ0) is 12.5. The first-order chi connectivity index (χ1) is 7.97. The highest BCUT2D eigenvalue weighted by atomic mass is 32.2. The van der Waals surface area contributed by atoms with Crippen molar-refractivity contribution in [2.24, 2.45) is 5.41 Å². The van der Waals surface area contributed by atoms with Crippen LogP contribution < -0.4 is 0 Å². The third-order valence-corrected chi connectivity index (χ3v) is 4.22. The number of carbonyl (C=O) groups is 1. The molecule has 0 bridgehead atoms. The van der Waals surface area contributed by atoms with Gasteiger partial charge >= 0.3 is 0 Å². The molecule has 1 unspecified atom stereocenters. The van der Waals surface area contributed by atoms with Crippen LogP contribution in [0.5, 0.6) is 0 Å². The lowest BCUT2D eigenvalue weighted by Gasteiger charge is -2.14. The maximum absolute atomic E-state index is 11.8. The van der Waals surface area contributed by atoms with E-state index in [0.29, 0.717) is 11.1 Å². The topological polar surface area (TPSA) is 56.0 Å². The van der Waals surface area contributed by atoms with Gasteiger partial charge in [-0.25, -0.2) is 0 Å². The Kier molecular flexibility index (Phi) is 3.56. The lowest BCUT2D eigenvalue weighted by atomic mass is 9.89. The van der Waals surface area contributed by atoms with Crippen LogP contribution >= 0.6 is 11.8 Å². The molecule has 4 nitrogen and oxygen atoms in total. The molecule has 1 aromatic heterocycles. The van der Waals surface area contributed by atoms with Gasteiger partial charge in [-0.2, -0.15) is 16.7 Å². The number of hydrogen-bond donors (Lipinski definition) is 0. The quantitative estimate of drug-likeness (QED) is 0.830. The van der Waals surface area contributed by atoms with E-state index in [4.69, 9.17) is 4.52 Å². The summed E-state index contributed by atoms with van der Waals surface area (Å²) in [6, 6.07) is 0. The van der Waals surface area contributed by atoms with Gasteiger partial charge in [-0.05, 0) is 18.6 Å². The largest absolute Gasteiger partial charge is 0.339 e. The Morgan fingerprint density at radius 1 is 1.53 bits per heavy atom. The van der Waals surface area contributed by atoms with Crippen molar-refractivity contribution < 1.29 is 9.32 Å².